The van der Waals surface area contributed by atoms with Crippen molar-refractivity contribution in [2.24, 2.45) is 0 Å². The molecule has 0 amide bonds. The largest absolute Gasteiger partial charge is 0.508 e. The molecule has 94 valence electrons. The first-order chi connectivity index (χ1) is 8.78. The molecule has 0 aliphatic rings. The molecule has 0 aliphatic heterocycles. The lowest BCUT2D eigenvalue weighted by Gasteiger charge is -2.04. The summed E-state index contributed by atoms with van der Waals surface area (Å²) in [6, 6.07) is 15.5. The lowest BCUT2D eigenvalue weighted by molar-refractivity contribution is 0.414. The van der Waals surface area contributed by atoms with Crippen molar-refractivity contribution in [2.75, 3.05) is 12.9 Å². The molecule has 0 unspecified atom stereocenters. The van der Waals surface area contributed by atoms with Gasteiger partial charge in [0, 0.05) is 10.6 Å². The minimum atomic E-state index is 0.324. The minimum absolute atomic E-state index is 0.324. The van der Waals surface area contributed by atoms with Crippen LogP contribution in [0.2, 0.25) is 0 Å². The van der Waals surface area contributed by atoms with E-state index in [0.717, 1.165) is 22.8 Å². The number of ether oxygens (including phenoxy) is 1. The van der Waals surface area contributed by atoms with Crippen LogP contribution in [0.5, 0.6) is 11.5 Å². The van der Waals surface area contributed by atoms with Crippen molar-refractivity contribution in [3.8, 4) is 11.5 Å². The van der Waals surface area contributed by atoms with E-state index in [-0.39, 0.29) is 0 Å². The number of phenolic OH excluding ortho intramolecular Hbond substituents is 1. The van der Waals surface area contributed by atoms with Gasteiger partial charge in [0.1, 0.15) is 11.5 Å². The molecule has 0 heterocycles. The summed E-state index contributed by atoms with van der Waals surface area (Å²) in [6.07, 6.45) is 1.00. The fraction of sp³-hybridized carbons (Fsp3) is 0.200. The van der Waals surface area contributed by atoms with Crippen LogP contribution in [0, 0.1) is 0 Å². The quantitative estimate of drug-likeness (QED) is 0.830. The second-order valence-electron chi connectivity index (χ2n) is 3.94. The van der Waals surface area contributed by atoms with Gasteiger partial charge < -0.3 is 9.84 Å². The van der Waals surface area contributed by atoms with E-state index >= 15 is 0 Å². The van der Waals surface area contributed by atoms with E-state index in [0.29, 0.717) is 5.75 Å². The Morgan fingerprint density at radius 3 is 2.56 bits per heavy atom. The van der Waals surface area contributed by atoms with E-state index in [1.165, 1.54) is 5.56 Å². The third kappa shape index (κ3) is 3.70. The first kappa shape index (κ1) is 12.8. The molecule has 0 fully saturated rings. The van der Waals surface area contributed by atoms with E-state index in [9.17, 15) is 5.11 Å². The zero-order valence-electron chi connectivity index (χ0n) is 10.3. The summed E-state index contributed by atoms with van der Waals surface area (Å²) in [5.41, 5.74) is 1.29. The van der Waals surface area contributed by atoms with Crippen molar-refractivity contribution in [1.82, 2.24) is 0 Å². The first-order valence-electron chi connectivity index (χ1n) is 5.83. The molecule has 2 rings (SSSR count). The van der Waals surface area contributed by atoms with Gasteiger partial charge in [0.15, 0.2) is 0 Å². The molecule has 0 saturated heterocycles. The average molecular weight is 260 g/mol. The second-order valence-corrected chi connectivity index (χ2v) is 5.11. The van der Waals surface area contributed by atoms with Gasteiger partial charge in [-0.1, -0.05) is 18.2 Å². The summed E-state index contributed by atoms with van der Waals surface area (Å²) in [6.45, 7) is 0. The van der Waals surface area contributed by atoms with Crippen LogP contribution >= 0.6 is 11.8 Å². The van der Waals surface area contributed by atoms with Crippen molar-refractivity contribution in [2.45, 2.75) is 11.3 Å². The maximum atomic E-state index is 9.36. The molecule has 0 spiro atoms. The number of thioether (sulfide) groups is 1. The Hall–Kier alpha value is -1.61. The summed E-state index contributed by atoms with van der Waals surface area (Å²) in [5.74, 6) is 2.21. The number of aromatic hydroxyl groups is 1. The number of phenols is 1. The van der Waals surface area contributed by atoms with Crippen molar-refractivity contribution in [1.29, 1.82) is 0 Å². The van der Waals surface area contributed by atoms with Crippen molar-refractivity contribution in [3.63, 3.8) is 0 Å². The van der Waals surface area contributed by atoms with Crippen molar-refractivity contribution >= 4 is 11.8 Å². The number of benzene rings is 2. The SMILES string of the molecule is COc1ccc(CCSc2cccc(O)c2)cc1. The topological polar surface area (TPSA) is 29.5 Å². The number of aryl methyl sites for hydroxylation is 1. The zero-order chi connectivity index (χ0) is 12.8. The summed E-state index contributed by atoms with van der Waals surface area (Å²) in [5, 5.41) is 9.36. The highest BCUT2D eigenvalue weighted by molar-refractivity contribution is 7.99. The van der Waals surface area contributed by atoms with Crippen molar-refractivity contribution < 1.29 is 9.84 Å². The van der Waals surface area contributed by atoms with Gasteiger partial charge in [-0.05, 0) is 42.3 Å². The highest BCUT2D eigenvalue weighted by Crippen LogP contribution is 2.23. The average Bonchev–Trinajstić information content (AvgIpc) is 2.40. The molecule has 0 radical (unpaired) electrons. The molecule has 2 aromatic carbocycles. The Morgan fingerprint density at radius 1 is 1.11 bits per heavy atom. The van der Waals surface area contributed by atoms with Gasteiger partial charge in [-0.15, -0.1) is 11.8 Å². The smallest absolute Gasteiger partial charge is 0.118 e. The van der Waals surface area contributed by atoms with Gasteiger partial charge in [0.2, 0.25) is 0 Å². The summed E-state index contributed by atoms with van der Waals surface area (Å²) >= 11 is 1.75. The molecular formula is C15H16O2S. The summed E-state index contributed by atoms with van der Waals surface area (Å²) < 4.78 is 5.12. The van der Waals surface area contributed by atoms with E-state index in [1.54, 1.807) is 31.0 Å². The Balaban J connectivity index is 1.84. The highest BCUT2D eigenvalue weighted by Gasteiger charge is 1.98. The molecule has 1 N–H and O–H groups in total. The van der Waals surface area contributed by atoms with Gasteiger partial charge in [0.05, 0.1) is 7.11 Å². The maximum Gasteiger partial charge on any atom is 0.118 e. The minimum Gasteiger partial charge on any atom is -0.508 e. The predicted octanol–water partition coefficient (Wildman–Crippen LogP) is 3.74. The lowest BCUT2D eigenvalue weighted by atomic mass is 10.2. The Kier molecular flexibility index (Phi) is 4.53. The third-order valence-electron chi connectivity index (χ3n) is 2.64. The van der Waals surface area contributed by atoms with E-state index in [1.807, 2.05) is 24.3 Å². The molecular weight excluding hydrogens is 244 g/mol. The van der Waals surface area contributed by atoms with Gasteiger partial charge in [-0.2, -0.15) is 0 Å². The van der Waals surface area contributed by atoms with Gasteiger partial charge in [0.25, 0.3) is 0 Å². The molecule has 0 aromatic heterocycles. The molecule has 0 aliphatic carbocycles. The number of rotatable bonds is 5. The van der Waals surface area contributed by atoms with Crippen LogP contribution in [-0.4, -0.2) is 18.0 Å². The zero-order valence-corrected chi connectivity index (χ0v) is 11.1. The normalized spacial score (nSPS) is 10.3. The number of hydrogen-bond donors (Lipinski definition) is 1. The van der Waals surface area contributed by atoms with Gasteiger partial charge in [-0.25, -0.2) is 0 Å². The second kappa shape index (κ2) is 6.36. The molecule has 2 nitrogen and oxygen atoms in total. The fourth-order valence-corrected chi connectivity index (χ4v) is 2.60. The summed E-state index contributed by atoms with van der Waals surface area (Å²) in [4.78, 5) is 1.10. The monoisotopic (exact) mass is 260 g/mol. The van der Waals surface area contributed by atoms with Crippen LogP contribution in [0.3, 0.4) is 0 Å². The first-order valence-corrected chi connectivity index (χ1v) is 6.81. The number of methoxy groups -OCH3 is 1. The third-order valence-corrected chi connectivity index (χ3v) is 3.63. The number of hydrogen-bond acceptors (Lipinski definition) is 3. The molecule has 0 saturated carbocycles. The van der Waals surface area contributed by atoms with Crippen LogP contribution in [0.15, 0.2) is 53.4 Å². The Labute approximate surface area is 112 Å². The highest BCUT2D eigenvalue weighted by atomic mass is 32.2. The van der Waals surface area contributed by atoms with Crippen molar-refractivity contribution in [3.05, 3.63) is 54.1 Å². The van der Waals surface area contributed by atoms with Gasteiger partial charge in [-0.3, -0.25) is 0 Å². The van der Waals surface area contributed by atoms with Crippen LogP contribution in [0.4, 0.5) is 0 Å². The predicted molar refractivity (Wildman–Crippen MR) is 75.5 cm³/mol. The lowest BCUT2D eigenvalue weighted by Crippen LogP contribution is -1.89. The van der Waals surface area contributed by atoms with Crippen LogP contribution in [0.1, 0.15) is 5.56 Å². The molecule has 0 bridgehead atoms. The fourth-order valence-electron chi connectivity index (χ4n) is 1.65. The molecule has 0 atom stereocenters. The summed E-state index contributed by atoms with van der Waals surface area (Å²) in [7, 11) is 1.67. The van der Waals surface area contributed by atoms with Crippen LogP contribution in [-0.2, 0) is 6.42 Å². The van der Waals surface area contributed by atoms with Crippen LogP contribution < -0.4 is 4.74 Å². The maximum absolute atomic E-state index is 9.36. The molecule has 2 aromatic rings. The Bertz CT molecular complexity index is 494. The van der Waals surface area contributed by atoms with Gasteiger partial charge >= 0.3 is 0 Å². The van der Waals surface area contributed by atoms with E-state index in [2.05, 4.69) is 12.1 Å². The van der Waals surface area contributed by atoms with E-state index in [4.69, 9.17) is 4.74 Å². The van der Waals surface area contributed by atoms with Crippen LogP contribution in [0.25, 0.3) is 0 Å². The standard InChI is InChI=1S/C15H16O2S/c1-17-14-7-5-12(6-8-14)9-10-18-15-4-2-3-13(16)11-15/h2-8,11,16H,9-10H2,1H3. The molecule has 18 heavy (non-hydrogen) atoms. The molecule has 3 heteroatoms. The van der Waals surface area contributed by atoms with E-state index < -0.39 is 0 Å². The Morgan fingerprint density at radius 2 is 1.89 bits per heavy atom.